The average molecular weight is 452 g/mol. The van der Waals surface area contributed by atoms with Gasteiger partial charge in [0.05, 0.1) is 28.6 Å². The van der Waals surface area contributed by atoms with E-state index in [1.807, 2.05) is 30.5 Å². The molecule has 1 aliphatic rings. The second-order valence-corrected chi connectivity index (χ2v) is 8.80. The van der Waals surface area contributed by atoms with Gasteiger partial charge in [0.25, 0.3) is 0 Å². The lowest BCUT2D eigenvalue weighted by Gasteiger charge is -2.28. The van der Waals surface area contributed by atoms with E-state index in [0.29, 0.717) is 5.69 Å². The molecule has 1 amide bonds. The molecule has 1 aliphatic heterocycles. The second kappa shape index (κ2) is 8.30. The molecule has 0 radical (unpaired) electrons. The molecule has 0 unspecified atom stereocenters. The van der Waals surface area contributed by atoms with Gasteiger partial charge < -0.3 is 15.2 Å². The normalized spacial score (nSPS) is 14.1. The summed E-state index contributed by atoms with van der Waals surface area (Å²) in [5, 5.41) is 12.7. The number of nitrogens with one attached hydrogen (secondary N) is 3. The van der Waals surface area contributed by atoms with Crippen molar-refractivity contribution >= 4 is 39.2 Å². The molecule has 8 nitrogen and oxygen atoms in total. The predicted octanol–water partition coefficient (Wildman–Crippen LogP) is 5.12. The third-order valence-corrected chi connectivity index (χ3v) is 6.39. The van der Waals surface area contributed by atoms with Crippen LogP contribution >= 0.6 is 0 Å². The van der Waals surface area contributed by atoms with Gasteiger partial charge in [-0.3, -0.25) is 14.9 Å². The molecule has 8 heteroatoms. The summed E-state index contributed by atoms with van der Waals surface area (Å²) in [6, 6.07) is 12.3. The van der Waals surface area contributed by atoms with Crippen molar-refractivity contribution in [3.05, 3.63) is 55.0 Å². The Morgan fingerprint density at radius 1 is 0.971 bits per heavy atom. The molecule has 5 heterocycles. The second-order valence-electron chi connectivity index (χ2n) is 8.80. The van der Waals surface area contributed by atoms with Crippen molar-refractivity contribution < 1.29 is 4.79 Å². The summed E-state index contributed by atoms with van der Waals surface area (Å²) in [6.45, 7) is 3.59. The number of nitrogens with zero attached hydrogens (tertiary/aromatic N) is 4. The topological polar surface area (TPSA) is 103 Å². The molecule has 0 atom stereocenters. The lowest BCUT2D eigenvalue weighted by molar-refractivity contribution is -0.114. The quantitative estimate of drug-likeness (QED) is 0.352. The summed E-state index contributed by atoms with van der Waals surface area (Å²) in [4.78, 5) is 26.4. The van der Waals surface area contributed by atoms with Crippen LogP contribution in [0.15, 0.2) is 55.0 Å². The fourth-order valence-electron chi connectivity index (χ4n) is 4.79. The van der Waals surface area contributed by atoms with E-state index in [4.69, 9.17) is 4.98 Å². The molecule has 5 aromatic rings. The van der Waals surface area contributed by atoms with Crippen LogP contribution in [-0.2, 0) is 4.79 Å². The number of rotatable bonds is 4. The molecule has 1 aromatic carbocycles. The van der Waals surface area contributed by atoms with Gasteiger partial charge in [0.2, 0.25) is 5.91 Å². The van der Waals surface area contributed by atoms with Crippen molar-refractivity contribution in [2.45, 2.75) is 26.2 Å². The van der Waals surface area contributed by atoms with Crippen LogP contribution in [0.2, 0.25) is 0 Å². The first-order valence-corrected chi connectivity index (χ1v) is 11.6. The number of benzene rings is 1. The van der Waals surface area contributed by atoms with E-state index >= 15 is 0 Å². The first-order chi connectivity index (χ1) is 16.7. The Bertz CT molecular complexity index is 1510. The lowest BCUT2D eigenvalue weighted by atomic mass is 10.0. The number of H-pyrrole nitrogens is 2. The van der Waals surface area contributed by atoms with Crippen LogP contribution in [-0.4, -0.2) is 44.1 Å². The van der Waals surface area contributed by atoms with Crippen molar-refractivity contribution in [2.24, 2.45) is 0 Å². The first-order valence-electron chi connectivity index (χ1n) is 11.6. The number of carbonyl (C=O) groups excluding carboxylic acids is 1. The number of aromatic nitrogens is 5. The van der Waals surface area contributed by atoms with Gasteiger partial charge in [-0.1, -0.05) is 6.07 Å². The Hall–Kier alpha value is -4.20. The molecule has 3 N–H and O–H groups in total. The molecule has 0 bridgehead atoms. The highest BCUT2D eigenvalue weighted by atomic mass is 16.1. The monoisotopic (exact) mass is 451 g/mol. The molecule has 0 saturated carbocycles. The smallest absolute Gasteiger partial charge is 0.221 e. The number of amides is 1. The van der Waals surface area contributed by atoms with Crippen LogP contribution in [0.3, 0.4) is 0 Å². The minimum atomic E-state index is -0.122. The first kappa shape index (κ1) is 20.4. The van der Waals surface area contributed by atoms with Gasteiger partial charge in [-0.2, -0.15) is 5.10 Å². The highest BCUT2D eigenvalue weighted by Gasteiger charge is 2.18. The third-order valence-electron chi connectivity index (χ3n) is 6.39. The van der Waals surface area contributed by atoms with Gasteiger partial charge in [0.1, 0.15) is 11.5 Å². The van der Waals surface area contributed by atoms with Crippen LogP contribution in [0.4, 0.5) is 11.5 Å². The van der Waals surface area contributed by atoms with Crippen LogP contribution in [0.5, 0.6) is 0 Å². The summed E-state index contributed by atoms with van der Waals surface area (Å²) >= 11 is 0. The summed E-state index contributed by atoms with van der Waals surface area (Å²) in [6.07, 6.45) is 9.02. The molecular weight excluding hydrogens is 426 g/mol. The molecule has 34 heavy (non-hydrogen) atoms. The van der Waals surface area contributed by atoms with Crippen LogP contribution in [0, 0.1) is 0 Å². The zero-order valence-corrected chi connectivity index (χ0v) is 18.9. The van der Waals surface area contributed by atoms with Gasteiger partial charge in [0, 0.05) is 48.7 Å². The van der Waals surface area contributed by atoms with E-state index in [-0.39, 0.29) is 5.91 Å². The fourth-order valence-corrected chi connectivity index (χ4v) is 4.79. The molecule has 6 rings (SSSR count). The number of anilines is 2. The Morgan fingerprint density at radius 3 is 2.71 bits per heavy atom. The summed E-state index contributed by atoms with van der Waals surface area (Å²) < 4.78 is 0. The van der Waals surface area contributed by atoms with Crippen molar-refractivity contribution in [2.75, 3.05) is 23.3 Å². The van der Waals surface area contributed by atoms with Gasteiger partial charge in [0.15, 0.2) is 0 Å². The molecule has 0 spiro atoms. The third kappa shape index (κ3) is 3.67. The van der Waals surface area contributed by atoms with Crippen LogP contribution < -0.4 is 10.2 Å². The number of aromatic amines is 2. The zero-order valence-electron chi connectivity index (χ0n) is 18.9. The Morgan fingerprint density at radius 2 is 1.85 bits per heavy atom. The van der Waals surface area contributed by atoms with E-state index in [0.717, 1.165) is 63.2 Å². The van der Waals surface area contributed by atoms with Gasteiger partial charge in [-0.25, -0.2) is 4.98 Å². The lowest BCUT2D eigenvalue weighted by Crippen LogP contribution is -2.30. The summed E-state index contributed by atoms with van der Waals surface area (Å²) in [5.41, 5.74) is 6.43. The molecule has 1 saturated heterocycles. The molecule has 4 aromatic heterocycles. The van der Waals surface area contributed by atoms with E-state index < -0.39 is 0 Å². The Labute approximate surface area is 196 Å². The number of piperidine rings is 1. The SMILES string of the molecule is CC(=O)Nc1cncc(-c2ccc3[nH]nc(-c4cc5c(N6CCCCC6)nccc5[nH]4)c3c2)c1. The molecule has 1 fully saturated rings. The van der Waals surface area contributed by atoms with Crippen molar-refractivity contribution in [1.29, 1.82) is 0 Å². The van der Waals surface area contributed by atoms with E-state index in [1.54, 1.807) is 12.4 Å². The maximum absolute atomic E-state index is 11.4. The average Bonchev–Trinajstić information content (AvgIpc) is 3.48. The zero-order chi connectivity index (χ0) is 23.1. The highest BCUT2D eigenvalue weighted by Crippen LogP contribution is 2.34. The van der Waals surface area contributed by atoms with Crippen molar-refractivity contribution in [1.82, 2.24) is 25.1 Å². The van der Waals surface area contributed by atoms with E-state index in [1.165, 1.54) is 26.2 Å². The van der Waals surface area contributed by atoms with Crippen LogP contribution in [0.25, 0.3) is 44.3 Å². The Balaban J connectivity index is 1.42. The van der Waals surface area contributed by atoms with E-state index in [9.17, 15) is 4.79 Å². The van der Waals surface area contributed by atoms with Gasteiger partial charge in [-0.05, 0) is 55.2 Å². The number of fused-ring (bicyclic) bond motifs is 2. The highest BCUT2D eigenvalue weighted by molar-refractivity contribution is 6.00. The fraction of sp³-hybridized carbons (Fsp3) is 0.231. The number of hydrogen-bond acceptors (Lipinski definition) is 5. The predicted molar refractivity (Wildman–Crippen MR) is 135 cm³/mol. The standard InChI is InChI=1S/C26H25N7O/c1-16(34)29-19-11-18(14-27-15-19)17-5-6-23-20(12-17)25(32-31-23)24-13-21-22(30-24)7-8-28-26(21)33-9-3-2-4-10-33/h5-8,11-15,30H,2-4,9-10H2,1H3,(H,29,34)(H,31,32). The van der Waals surface area contributed by atoms with Crippen LogP contribution in [0.1, 0.15) is 26.2 Å². The maximum Gasteiger partial charge on any atom is 0.221 e. The minimum Gasteiger partial charge on any atom is -0.356 e. The van der Waals surface area contributed by atoms with Gasteiger partial charge >= 0.3 is 0 Å². The minimum absolute atomic E-state index is 0.122. The number of hydrogen-bond donors (Lipinski definition) is 3. The number of pyridine rings is 2. The van der Waals surface area contributed by atoms with Crippen molar-refractivity contribution in [3.8, 4) is 22.5 Å². The molecule has 170 valence electrons. The molecular formula is C26H25N7O. The summed E-state index contributed by atoms with van der Waals surface area (Å²) in [5.74, 6) is 0.921. The summed E-state index contributed by atoms with van der Waals surface area (Å²) in [7, 11) is 0. The van der Waals surface area contributed by atoms with E-state index in [2.05, 4.69) is 42.5 Å². The number of carbonyl (C=O) groups is 1. The maximum atomic E-state index is 11.4. The molecule has 0 aliphatic carbocycles. The van der Waals surface area contributed by atoms with Gasteiger partial charge in [-0.15, -0.1) is 0 Å². The Kier molecular flexibility index (Phi) is 4.98. The largest absolute Gasteiger partial charge is 0.356 e. The van der Waals surface area contributed by atoms with Crippen molar-refractivity contribution in [3.63, 3.8) is 0 Å².